The van der Waals surface area contributed by atoms with Gasteiger partial charge in [-0.25, -0.2) is 0 Å². The number of nitrogens with one attached hydrogen (secondary N) is 2. The minimum atomic E-state index is -0.217. The number of hydrogen-bond donors (Lipinski definition) is 2. The lowest BCUT2D eigenvalue weighted by molar-refractivity contribution is -0.123. The van der Waals surface area contributed by atoms with Crippen molar-refractivity contribution in [3.05, 3.63) is 35.4 Å². The molecule has 1 fully saturated rings. The van der Waals surface area contributed by atoms with Crippen molar-refractivity contribution >= 4 is 30.1 Å². The van der Waals surface area contributed by atoms with Crippen molar-refractivity contribution in [2.24, 2.45) is 0 Å². The van der Waals surface area contributed by atoms with Gasteiger partial charge in [-0.2, -0.15) is 11.8 Å². The average molecular weight is 343 g/mol. The molecule has 0 radical (unpaired) electrons. The summed E-state index contributed by atoms with van der Waals surface area (Å²) in [7, 11) is 0. The fourth-order valence-electron chi connectivity index (χ4n) is 2.73. The third-order valence-electron chi connectivity index (χ3n) is 3.80. The fourth-order valence-corrected chi connectivity index (χ4v) is 3.68. The quantitative estimate of drug-likeness (QED) is 0.864. The number of thioether (sulfide) groups is 1. The molecule has 0 aromatic heterocycles. The molecule has 1 heterocycles. The van der Waals surface area contributed by atoms with Gasteiger partial charge in [0.15, 0.2) is 0 Å². The van der Waals surface area contributed by atoms with E-state index in [-0.39, 0.29) is 23.9 Å². The molecule has 22 heavy (non-hydrogen) atoms. The van der Waals surface area contributed by atoms with E-state index in [0.717, 1.165) is 24.5 Å². The number of hydrogen-bond acceptors (Lipinski definition) is 3. The predicted molar refractivity (Wildman–Crippen MR) is 98.1 cm³/mol. The van der Waals surface area contributed by atoms with Crippen LogP contribution in [0.1, 0.15) is 31.4 Å². The van der Waals surface area contributed by atoms with E-state index < -0.39 is 0 Å². The Hall–Kier alpha value is -0.710. The molecule has 1 atom stereocenters. The highest BCUT2D eigenvalue weighted by Gasteiger charge is 2.24. The van der Waals surface area contributed by atoms with E-state index in [1.165, 1.54) is 11.1 Å². The summed E-state index contributed by atoms with van der Waals surface area (Å²) in [4.78, 5) is 12.2. The number of carbonyl (C=O) groups is 1. The first-order valence-electron chi connectivity index (χ1n) is 7.63. The van der Waals surface area contributed by atoms with E-state index in [0.29, 0.717) is 12.5 Å². The van der Waals surface area contributed by atoms with Crippen molar-refractivity contribution < 1.29 is 4.79 Å². The van der Waals surface area contributed by atoms with Crippen LogP contribution >= 0.6 is 24.2 Å². The Labute approximate surface area is 144 Å². The summed E-state index contributed by atoms with van der Waals surface area (Å²) < 4.78 is 0. The number of amides is 1. The summed E-state index contributed by atoms with van der Waals surface area (Å²) >= 11 is 1.93. The Morgan fingerprint density at radius 3 is 2.77 bits per heavy atom. The third kappa shape index (κ3) is 6.19. The zero-order chi connectivity index (χ0) is 15.3. The summed E-state index contributed by atoms with van der Waals surface area (Å²) in [5, 5.41) is 6.60. The van der Waals surface area contributed by atoms with E-state index in [4.69, 9.17) is 0 Å². The molecule has 2 rings (SSSR count). The Balaban J connectivity index is 0.00000242. The van der Waals surface area contributed by atoms with Gasteiger partial charge in [0.25, 0.3) is 0 Å². The van der Waals surface area contributed by atoms with Gasteiger partial charge < -0.3 is 10.6 Å². The van der Waals surface area contributed by atoms with Crippen LogP contribution in [0.15, 0.2) is 24.3 Å². The molecule has 124 valence electrons. The van der Waals surface area contributed by atoms with E-state index in [1.807, 2.05) is 11.8 Å². The van der Waals surface area contributed by atoms with Crippen LogP contribution in [0, 0.1) is 6.92 Å². The van der Waals surface area contributed by atoms with E-state index in [9.17, 15) is 4.79 Å². The predicted octanol–water partition coefficient (Wildman–Crippen LogP) is 2.95. The molecule has 1 amide bonds. The van der Waals surface area contributed by atoms with Gasteiger partial charge in [0.05, 0.1) is 0 Å². The molecule has 1 unspecified atom stereocenters. The van der Waals surface area contributed by atoms with Crippen LogP contribution in [0.5, 0.6) is 0 Å². The molecule has 0 bridgehead atoms. The van der Waals surface area contributed by atoms with Gasteiger partial charge >= 0.3 is 0 Å². The molecular weight excluding hydrogens is 316 g/mol. The summed E-state index contributed by atoms with van der Waals surface area (Å²) in [5.41, 5.74) is 2.37. The third-order valence-corrected chi connectivity index (χ3v) is 4.93. The monoisotopic (exact) mass is 342 g/mol. The molecule has 2 N–H and O–H groups in total. The van der Waals surface area contributed by atoms with Crippen molar-refractivity contribution in [3.63, 3.8) is 0 Å². The fraction of sp³-hybridized carbons (Fsp3) is 0.588. The molecule has 1 aliphatic rings. The highest BCUT2D eigenvalue weighted by Crippen LogP contribution is 2.17. The van der Waals surface area contributed by atoms with Gasteiger partial charge in [-0.15, -0.1) is 12.4 Å². The van der Waals surface area contributed by atoms with Crippen molar-refractivity contribution in [1.82, 2.24) is 10.6 Å². The van der Waals surface area contributed by atoms with Crippen LogP contribution in [0.3, 0.4) is 0 Å². The largest absolute Gasteiger partial charge is 0.351 e. The first kappa shape index (κ1) is 19.3. The maximum Gasteiger partial charge on any atom is 0.222 e. The maximum atomic E-state index is 12.2. The molecule has 5 heteroatoms. The maximum absolute atomic E-state index is 12.2. The van der Waals surface area contributed by atoms with E-state index in [2.05, 4.69) is 55.7 Å². The zero-order valence-electron chi connectivity index (χ0n) is 13.6. The topological polar surface area (TPSA) is 41.1 Å². The molecule has 1 saturated heterocycles. The van der Waals surface area contributed by atoms with Gasteiger partial charge in [0.2, 0.25) is 5.91 Å². The lowest BCUT2D eigenvalue weighted by Gasteiger charge is -2.29. The Kier molecular flexibility index (Phi) is 7.74. The molecule has 1 aromatic rings. The van der Waals surface area contributed by atoms with Gasteiger partial charge in [-0.3, -0.25) is 4.79 Å². The number of halogens is 1. The molecular formula is C17H27ClN2OS. The summed E-state index contributed by atoms with van der Waals surface area (Å²) in [6, 6.07) is 8.69. The number of rotatable bonds is 5. The van der Waals surface area contributed by atoms with Crippen LogP contribution in [-0.4, -0.2) is 35.5 Å². The number of benzene rings is 1. The van der Waals surface area contributed by atoms with Gasteiger partial charge in [-0.1, -0.05) is 24.3 Å². The number of aryl methyl sites for hydroxylation is 1. The van der Waals surface area contributed by atoms with Crippen molar-refractivity contribution in [2.75, 3.05) is 18.1 Å². The first-order chi connectivity index (χ1) is 9.96. The standard InChI is InChI=1S/C17H26N2OS.ClH/c1-13-6-4-5-7-14(13)11-17(2,3)19-16(20)10-15-12-21-9-8-18-15;/h4-7,15,18H,8-12H2,1-3H3,(H,19,20);1H. The highest BCUT2D eigenvalue weighted by atomic mass is 35.5. The van der Waals surface area contributed by atoms with Gasteiger partial charge in [-0.05, 0) is 38.3 Å². The Morgan fingerprint density at radius 2 is 2.14 bits per heavy atom. The van der Waals surface area contributed by atoms with Crippen LogP contribution in [-0.2, 0) is 11.2 Å². The smallest absolute Gasteiger partial charge is 0.222 e. The Bertz CT molecular complexity index is 487. The van der Waals surface area contributed by atoms with E-state index >= 15 is 0 Å². The van der Waals surface area contributed by atoms with Crippen LogP contribution in [0.4, 0.5) is 0 Å². The van der Waals surface area contributed by atoms with Crippen molar-refractivity contribution in [1.29, 1.82) is 0 Å². The van der Waals surface area contributed by atoms with Crippen molar-refractivity contribution in [2.45, 2.75) is 45.2 Å². The Morgan fingerprint density at radius 1 is 1.41 bits per heavy atom. The lowest BCUT2D eigenvalue weighted by Crippen LogP contribution is -2.48. The van der Waals surface area contributed by atoms with Gasteiger partial charge in [0, 0.05) is 36.1 Å². The second-order valence-corrected chi connectivity index (χ2v) is 7.62. The highest BCUT2D eigenvalue weighted by molar-refractivity contribution is 7.99. The zero-order valence-corrected chi connectivity index (χ0v) is 15.3. The molecule has 3 nitrogen and oxygen atoms in total. The summed E-state index contributed by atoms with van der Waals surface area (Å²) in [6.45, 7) is 7.33. The average Bonchev–Trinajstić information content (AvgIpc) is 2.41. The second-order valence-electron chi connectivity index (χ2n) is 6.47. The first-order valence-corrected chi connectivity index (χ1v) is 8.78. The minimum Gasteiger partial charge on any atom is -0.351 e. The summed E-state index contributed by atoms with van der Waals surface area (Å²) in [6.07, 6.45) is 1.43. The molecule has 0 spiro atoms. The minimum absolute atomic E-state index is 0. The number of carbonyl (C=O) groups excluding carboxylic acids is 1. The van der Waals surface area contributed by atoms with Crippen LogP contribution < -0.4 is 10.6 Å². The SMILES string of the molecule is Cc1ccccc1CC(C)(C)NC(=O)CC1CSCCN1.Cl. The lowest BCUT2D eigenvalue weighted by atomic mass is 9.92. The summed E-state index contributed by atoms with van der Waals surface area (Å²) in [5.74, 6) is 2.33. The molecule has 1 aliphatic heterocycles. The van der Waals surface area contributed by atoms with Crippen molar-refractivity contribution in [3.8, 4) is 0 Å². The van der Waals surface area contributed by atoms with Gasteiger partial charge in [0.1, 0.15) is 0 Å². The molecule has 0 aliphatic carbocycles. The van der Waals surface area contributed by atoms with Crippen LogP contribution in [0.2, 0.25) is 0 Å². The molecule has 0 saturated carbocycles. The normalized spacial score (nSPS) is 18.4. The van der Waals surface area contributed by atoms with E-state index in [1.54, 1.807) is 0 Å². The second kappa shape index (κ2) is 8.80. The van der Waals surface area contributed by atoms with Crippen LogP contribution in [0.25, 0.3) is 0 Å². The molecule has 1 aromatic carbocycles.